The van der Waals surface area contributed by atoms with Gasteiger partial charge in [-0.05, 0) is 83.7 Å². The maximum absolute atomic E-state index is 6.71. The molecular formula is C15H19BrClNS. The first-order chi connectivity index (χ1) is 9.06. The van der Waals surface area contributed by atoms with Gasteiger partial charge < -0.3 is 5.73 Å². The van der Waals surface area contributed by atoms with Crippen molar-refractivity contribution < 1.29 is 0 Å². The van der Waals surface area contributed by atoms with E-state index in [-0.39, 0.29) is 6.04 Å². The molecule has 0 amide bonds. The topological polar surface area (TPSA) is 26.0 Å². The fourth-order valence-corrected chi connectivity index (χ4v) is 7.27. The Kier molecular flexibility index (Phi) is 3.08. The zero-order chi connectivity index (χ0) is 13.2. The minimum Gasteiger partial charge on any atom is -0.323 e. The Bertz CT molecular complexity index is 457. The molecule has 19 heavy (non-hydrogen) atoms. The van der Waals surface area contributed by atoms with Crippen molar-refractivity contribution in [3.05, 3.63) is 19.8 Å². The van der Waals surface area contributed by atoms with E-state index in [9.17, 15) is 0 Å². The molecule has 0 aromatic carbocycles. The zero-order valence-electron chi connectivity index (χ0n) is 10.9. The lowest BCUT2D eigenvalue weighted by Crippen LogP contribution is -2.50. The molecule has 4 saturated carbocycles. The van der Waals surface area contributed by atoms with E-state index in [2.05, 4.69) is 22.0 Å². The minimum atomic E-state index is 0.190. The van der Waals surface area contributed by atoms with E-state index < -0.39 is 0 Å². The van der Waals surface area contributed by atoms with Crippen LogP contribution in [-0.4, -0.2) is 0 Å². The fraction of sp³-hybridized carbons (Fsp3) is 0.733. The summed E-state index contributed by atoms with van der Waals surface area (Å²) in [5.74, 6) is 2.86. The SMILES string of the molecule is NC(c1cc(Cl)c(Br)s1)C12CC3CC(CC(C3)C1)C2. The minimum absolute atomic E-state index is 0.190. The highest BCUT2D eigenvalue weighted by Crippen LogP contribution is 2.64. The molecule has 4 aliphatic carbocycles. The Balaban J connectivity index is 1.67. The van der Waals surface area contributed by atoms with Crippen LogP contribution in [0.5, 0.6) is 0 Å². The summed E-state index contributed by atoms with van der Waals surface area (Å²) < 4.78 is 1.03. The maximum Gasteiger partial charge on any atom is 0.0887 e. The van der Waals surface area contributed by atoms with Crippen LogP contribution in [0.4, 0.5) is 0 Å². The van der Waals surface area contributed by atoms with Gasteiger partial charge in [-0.2, -0.15) is 0 Å². The third-order valence-electron chi connectivity index (χ3n) is 5.72. The average molecular weight is 361 g/mol. The lowest BCUT2D eigenvalue weighted by atomic mass is 9.47. The van der Waals surface area contributed by atoms with Gasteiger partial charge in [-0.3, -0.25) is 0 Å². The number of hydrogen-bond acceptors (Lipinski definition) is 2. The maximum atomic E-state index is 6.71. The predicted octanol–water partition coefficient (Wildman–Crippen LogP) is 5.38. The van der Waals surface area contributed by atoms with Gasteiger partial charge >= 0.3 is 0 Å². The quantitative estimate of drug-likeness (QED) is 0.752. The van der Waals surface area contributed by atoms with Crippen LogP contribution < -0.4 is 5.73 Å². The summed E-state index contributed by atoms with van der Waals surface area (Å²) in [6.45, 7) is 0. The third-order valence-corrected chi connectivity index (χ3v) is 8.27. The normalized spacial score (nSPS) is 41.7. The van der Waals surface area contributed by atoms with Crippen molar-refractivity contribution in [2.75, 3.05) is 0 Å². The molecule has 1 nitrogen and oxygen atoms in total. The molecule has 0 aliphatic heterocycles. The van der Waals surface area contributed by atoms with Crippen LogP contribution in [0.15, 0.2) is 9.85 Å². The van der Waals surface area contributed by atoms with Gasteiger partial charge in [0.15, 0.2) is 0 Å². The summed E-state index contributed by atoms with van der Waals surface area (Å²) in [5, 5.41) is 0.820. The van der Waals surface area contributed by atoms with Gasteiger partial charge in [0, 0.05) is 10.9 Å². The second-order valence-electron chi connectivity index (χ2n) is 7.03. The zero-order valence-corrected chi connectivity index (χ0v) is 14.0. The van der Waals surface area contributed by atoms with E-state index in [0.29, 0.717) is 5.41 Å². The molecule has 0 saturated heterocycles. The molecule has 104 valence electrons. The first-order valence-corrected chi connectivity index (χ1v) is 9.25. The summed E-state index contributed by atoms with van der Waals surface area (Å²) in [4.78, 5) is 1.28. The number of hydrogen-bond donors (Lipinski definition) is 1. The van der Waals surface area contributed by atoms with Gasteiger partial charge in [0.05, 0.1) is 8.81 Å². The second-order valence-corrected chi connectivity index (χ2v) is 9.84. The summed E-state index contributed by atoms with van der Waals surface area (Å²) in [6, 6.07) is 2.27. The molecule has 1 heterocycles. The predicted molar refractivity (Wildman–Crippen MR) is 84.6 cm³/mol. The molecule has 4 bridgehead atoms. The average Bonchev–Trinajstić information content (AvgIpc) is 2.67. The highest BCUT2D eigenvalue weighted by molar-refractivity contribution is 9.11. The van der Waals surface area contributed by atoms with Crippen LogP contribution in [0.2, 0.25) is 5.02 Å². The van der Waals surface area contributed by atoms with Gasteiger partial charge in [-0.1, -0.05) is 11.6 Å². The molecule has 0 spiro atoms. The van der Waals surface area contributed by atoms with Crippen molar-refractivity contribution in [3.63, 3.8) is 0 Å². The Morgan fingerprint density at radius 3 is 2.16 bits per heavy atom. The standard InChI is InChI=1S/C15H19BrClNS/c16-14-11(17)4-12(19-14)13(18)15-5-8-1-9(6-15)3-10(2-8)7-15/h4,8-10,13H,1-3,5-7,18H2. The molecule has 1 aromatic heterocycles. The highest BCUT2D eigenvalue weighted by atomic mass is 79.9. The molecule has 4 fully saturated rings. The van der Waals surface area contributed by atoms with Crippen LogP contribution in [0.25, 0.3) is 0 Å². The molecule has 1 aromatic rings. The highest BCUT2D eigenvalue weighted by Gasteiger charge is 2.53. The van der Waals surface area contributed by atoms with E-state index in [0.717, 1.165) is 26.6 Å². The number of nitrogens with two attached hydrogens (primary N) is 1. The summed E-state index contributed by atoms with van der Waals surface area (Å²) in [5.41, 5.74) is 7.08. The van der Waals surface area contributed by atoms with Crippen molar-refractivity contribution in [1.82, 2.24) is 0 Å². The molecule has 0 radical (unpaired) electrons. The Morgan fingerprint density at radius 2 is 1.74 bits per heavy atom. The number of thiophene rings is 1. The van der Waals surface area contributed by atoms with Crippen molar-refractivity contribution in [1.29, 1.82) is 0 Å². The Hall–Kier alpha value is 0.430. The monoisotopic (exact) mass is 359 g/mol. The lowest BCUT2D eigenvalue weighted by molar-refractivity contribution is -0.0672. The van der Waals surface area contributed by atoms with Gasteiger partial charge in [-0.15, -0.1) is 11.3 Å². The van der Waals surface area contributed by atoms with E-state index in [4.69, 9.17) is 17.3 Å². The molecule has 2 N–H and O–H groups in total. The van der Waals surface area contributed by atoms with E-state index in [1.807, 2.05) is 0 Å². The molecule has 4 aliphatic rings. The van der Waals surface area contributed by atoms with Crippen molar-refractivity contribution in [3.8, 4) is 0 Å². The summed E-state index contributed by atoms with van der Waals surface area (Å²) in [7, 11) is 0. The molecule has 1 unspecified atom stereocenters. The van der Waals surface area contributed by atoms with Crippen LogP contribution in [0.3, 0.4) is 0 Å². The van der Waals surface area contributed by atoms with Gasteiger partial charge in [-0.25, -0.2) is 0 Å². The number of halogens is 2. The molecule has 1 atom stereocenters. The van der Waals surface area contributed by atoms with Gasteiger partial charge in [0.25, 0.3) is 0 Å². The number of rotatable bonds is 2. The van der Waals surface area contributed by atoms with Crippen LogP contribution in [0, 0.1) is 23.2 Å². The summed E-state index contributed by atoms with van der Waals surface area (Å²) in [6.07, 6.45) is 8.48. The second kappa shape index (κ2) is 4.46. The van der Waals surface area contributed by atoms with Crippen molar-refractivity contribution >= 4 is 38.9 Å². The smallest absolute Gasteiger partial charge is 0.0887 e. The molecule has 5 rings (SSSR count). The van der Waals surface area contributed by atoms with Crippen molar-refractivity contribution in [2.24, 2.45) is 28.9 Å². The lowest BCUT2D eigenvalue weighted by Gasteiger charge is -2.58. The first-order valence-electron chi connectivity index (χ1n) is 7.26. The largest absolute Gasteiger partial charge is 0.323 e. The van der Waals surface area contributed by atoms with Crippen LogP contribution >= 0.6 is 38.9 Å². The van der Waals surface area contributed by atoms with E-state index in [1.165, 1.54) is 43.4 Å². The summed E-state index contributed by atoms with van der Waals surface area (Å²) >= 11 is 11.4. The van der Waals surface area contributed by atoms with Crippen LogP contribution in [-0.2, 0) is 0 Å². The van der Waals surface area contributed by atoms with E-state index in [1.54, 1.807) is 11.3 Å². The Labute approximate surface area is 132 Å². The fourth-order valence-electron chi connectivity index (χ4n) is 5.38. The van der Waals surface area contributed by atoms with Gasteiger partial charge in [0.1, 0.15) is 0 Å². The molecule has 4 heteroatoms. The van der Waals surface area contributed by atoms with Crippen LogP contribution in [0.1, 0.15) is 49.4 Å². The molecular weight excluding hydrogens is 342 g/mol. The Morgan fingerprint density at radius 1 is 1.21 bits per heavy atom. The van der Waals surface area contributed by atoms with Gasteiger partial charge in [0.2, 0.25) is 0 Å². The first kappa shape index (κ1) is 13.1. The third kappa shape index (κ3) is 2.04. The van der Waals surface area contributed by atoms with E-state index >= 15 is 0 Å². The van der Waals surface area contributed by atoms with Crippen molar-refractivity contribution in [2.45, 2.75) is 44.6 Å².